The van der Waals surface area contributed by atoms with Gasteiger partial charge in [-0.25, -0.2) is 29.9 Å². The molecule has 0 aliphatic carbocycles. The van der Waals surface area contributed by atoms with Gasteiger partial charge in [-0.05, 0) is 72.4 Å². The molecule has 3 heterocycles. The van der Waals surface area contributed by atoms with Crippen LogP contribution in [0.15, 0.2) is 70.8 Å². The van der Waals surface area contributed by atoms with Crippen molar-refractivity contribution in [1.82, 2.24) is 29.9 Å². The monoisotopic (exact) mass is 610 g/mol. The molecule has 0 saturated carbocycles. The summed E-state index contributed by atoms with van der Waals surface area (Å²) in [6, 6.07) is 5.52. The molecule has 37 heavy (non-hydrogen) atoms. The van der Waals surface area contributed by atoms with E-state index in [4.69, 9.17) is 34.8 Å². The summed E-state index contributed by atoms with van der Waals surface area (Å²) in [5.74, 6) is 2.46. The van der Waals surface area contributed by atoms with Crippen LogP contribution in [0.4, 0.5) is 0 Å². The molecule has 0 radical (unpaired) electrons. The normalized spacial score (nSPS) is 10.8. The molecule has 194 valence electrons. The van der Waals surface area contributed by atoms with Gasteiger partial charge in [0.1, 0.15) is 0 Å². The van der Waals surface area contributed by atoms with Crippen molar-refractivity contribution >= 4 is 70.1 Å². The lowest BCUT2D eigenvalue weighted by atomic mass is 9.90. The molecular weight excluding hydrogens is 587 g/mol. The molecule has 0 bridgehead atoms. The van der Waals surface area contributed by atoms with Gasteiger partial charge < -0.3 is 0 Å². The second-order valence-corrected chi connectivity index (χ2v) is 12.3. The molecule has 0 unspecified atom stereocenters. The van der Waals surface area contributed by atoms with Crippen LogP contribution in [0.3, 0.4) is 0 Å². The fourth-order valence-corrected chi connectivity index (χ4v) is 6.46. The van der Waals surface area contributed by atoms with Crippen LogP contribution in [-0.2, 0) is 17.3 Å². The summed E-state index contributed by atoms with van der Waals surface area (Å²) in [4.78, 5) is 26.3. The van der Waals surface area contributed by atoms with Gasteiger partial charge >= 0.3 is 0 Å². The number of aromatic nitrogens is 6. The van der Waals surface area contributed by atoms with Gasteiger partial charge in [0.2, 0.25) is 0 Å². The fraction of sp³-hybridized carbons (Fsp3) is 0.280. The van der Waals surface area contributed by atoms with Crippen molar-refractivity contribution in [2.75, 3.05) is 0 Å². The average Bonchev–Trinajstić information content (AvgIpc) is 2.90. The van der Waals surface area contributed by atoms with E-state index in [2.05, 4.69) is 50.7 Å². The second-order valence-electron chi connectivity index (χ2n) is 7.52. The number of thioether (sulfide) groups is 3. The van der Waals surface area contributed by atoms with Crippen molar-refractivity contribution < 1.29 is 0 Å². The molecule has 0 fully saturated rings. The molecule has 4 aromatic rings. The van der Waals surface area contributed by atoms with Crippen LogP contribution < -0.4 is 0 Å². The lowest BCUT2D eigenvalue weighted by Crippen LogP contribution is -2.07. The summed E-state index contributed by atoms with van der Waals surface area (Å²) in [7, 11) is 0. The van der Waals surface area contributed by atoms with Crippen LogP contribution in [-0.4, -0.2) is 34.2 Å². The molecule has 0 aliphatic rings. The van der Waals surface area contributed by atoms with Crippen LogP contribution >= 0.6 is 70.1 Å². The van der Waals surface area contributed by atoms with Crippen LogP contribution in [0.25, 0.3) is 0 Å². The summed E-state index contributed by atoms with van der Waals surface area (Å²) >= 11 is 19.4. The van der Waals surface area contributed by atoms with Gasteiger partial charge in [-0.1, -0.05) is 70.1 Å². The predicted octanol–water partition coefficient (Wildman–Crippen LogP) is 7.85. The van der Waals surface area contributed by atoms with Gasteiger partial charge in [0.15, 0.2) is 19.8 Å². The maximum absolute atomic E-state index is 4.81. The number of hydrogen-bond acceptors (Lipinski definition) is 9. The molecule has 3 aromatic heterocycles. The highest BCUT2D eigenvalue weighted by molar-refractivity contribution is 7.98. The van der Waals surface area contributed by atoms with Gasteiger partial charge in [0.25, 0.3) is 0 Å². The maximum atomic E-state index is 4.81. The molecule has 0 spiro atoms. The number of hydrogen-bond donors (Lipinski definition) is 0. The number of alkyl halides is 3. The van der Waals surface area contributed by atoms with Gasteiger partial charge in [0.05, 0.1) is 0 Å². The third-order valence-electron chi connectivity index (χ3n) is 5.38. The molecule has 1 aromatic carbocycles. The van der Waals surface area contributed by atoms with Crippen LogP contribution in [0, 0.1) is 20.8 Å². The smallest absolute Gasteiger partial charge is 0.187 e. The molecule has 0 amide bonds. The Morgan fingerprint density at radius 1 is 0.514 bits per heavy atom. The maximum Gasteiger partial charge on any atom is 0.187 e. The Hall–Kier alpha value is -1.62. The van der Waals surface area contributed by atoms with E-state index in [1.54, 1.807) is 72.5 Å². The molecule has 6 nitrogen and oxygen atoms in total. The van der Waals surface area contributed by atoms with Crippen molar-refractivity contribution in [2.45, 2.75) is 57.8 Å². The fourth-order valence-electron chi connectivity index (χ4n) is 3.53. The zero-order valence-electron chi connectivity index (χ0n) is 20.4. The number of nitrogens with zero attached hydrogens (tertiary/aromatic N) is 6. The van der Waals surface area contributed by atoms with E-state index < -0.39 is 4.30 Å². The Morgan fingerprint density at radius 3 is 0.946 bits per heavy atom. The molecule has 12 heteroatoms. The summed E-state index contributed by atoms with van der Waals surface area (Å²) in [6.45, 7) is 6.67. The second kappa shape index (κ2) is 15.7. The van der Waals surface area contributed by atoms with Crippen LogP contribution in [0.2, 0.25) is 0 Å². The third-order valence-corrected chi connectivity index (χ3v) is 8.09. The van der Waals surface area contributed by atoms with Crippen LogP contribution in [0.5, 0.6) is 0 Å². The van der Waals surface area contributed by atoms with E-state index in [-0.39, 0.29) is 0 Å². The molecule has 0 atom stereocenters. The van der Waals surface area contributed by atoms with Crippen molar-refractivity contribution in [2.24, 2.45) is 0 Å². The summed E-state index contributed by atoms with van der Waals surface area (Å²) in [6.07, 6.45) is 10.7. The number of halogens is 3. The van der Waals surface area contributed by atoms with Gasteiger partial charge in [-0.3, -0.25) is 0 Å². The van der Waals surface area contributed by atoms with E-state index in [0.29, 0.717) is 0 Å². The van der Waals surface area contributed by atoms with E-state index in [9.17, 15) is 0 Å². The molecule has 0 aliphatic heterocycles. The van der Waals surface area contributed by atoms with E-state index >= 15 is 0 Å². The Bertz CT molecular complexity index is 1080. The standard InChI is InChI=1S/C24H24N6S3.CHCl3/c1-16-19(13-31-22-25-7-4-8-26-22)17(2)21(15-33-24-29-11-6-12-30-24)18(3)20(16)14-32-23-27-9-5-10-28-23;2-1(3)4/h4-12H,13-15H2,1-3H3;1H. The lowest BCUT2D eigenvalue weighted by molar-refractivity contribution is 0.960. The predicted molar refractivity (Wildman–Crippen MR) is 157 cm³/mol. The largest absolute Gasteiger partial charge is 0.231 e. The van der Waals surface area contributed by atoms with Gasteiger partial charge in [-0.15, -0.1) is 0 Å². The summed E-state index contributed by atoms with van der Waals surface area (Å²) in [5.41, 5.74) is 7.98. The topological polar surface area (TPSA) is 77.3 Å². The minimum atomic E-state index is -0.750. The Balaban J connectivity index is 0.000000886. The third kappa shape index (κ3) is 9.57. The van der Waals surface area contributed by atoms with Crippen LogP contribution in [0.1, 0.15) is 33.4 Å². The van der Waals surface area contributed by atoms with E-state index in [1.807, 2.05) is 18.2 Å². The highest BCUT2D eigenvalue weighted by Crippen LogP contribution is 2.36. The highest BCUT2D eigenvalue weighted by Gasteiger charge is 2.19. The summed E-state index contributed by atoms with van der Waals surface area (Å²) < 4.78 is -0.750. The molecule has 0 saturated heterocycles. The lowest BCUT2D eigenvalue weighted by Gasteiger charge is -2.22. The first-order valence-corrected chi connectivity index (χ1v) is 15.4. The minimum Gasteiger partial charge on any atom is -0.231 e. The van der Waals surface area contributed by atoms with Gasteiger partial charge in [0, 0.05) is 54.4 Å². The van der Waals surface area contributed by atoms with Crippen molar-refractivity contribution in [1.29, 1.82) is 0 Å². The zero-order chi connectivity index (χ0) is 26.6. The summed E-state index contributed by atoms with van der Waals surface area (Å²) in [5, 5.41) is 2.37. The first-order chi connectivity index (χ1) is 17.9. The highest BCUT2D eigenvalue weighted by atomic mass is 35.6. The van der Waals surface area contributed by atoms with E-state index in [0.717, 1.165) is 32.7 Å². The Kier molecular flexibility index (Phi) is 12.7. The zero-order valence-corrected chi connectivity index (χ0v) is 25.2. The van der Waals surface area contributed by atoms with Crippen molar-refractivity contribution in [3.8, 4) is 0 Å². The number of rotatable bonds is 9. The number of benzene rings is 1. The minimum absolute atomic E-state index is 0.750. The Labute approximate surface area is 245 Å². The quantitative estimate of drug-likeness (QED) is 0.107. The first kappa shape index (κ1) is 29.9. The van der Waals surface area contributed by atoms with Gasteiger partial charge in [-0.2, -0.15) is 0 Å². The van der Waals surface area contributed by atoms with E-state index in [1.165, 1.54) is 33.4 Å². The SMILES string of the molecule is Cc1c(CSc2ncccn2)c(C)c(CSc2ncccn2)c(C)c1CSc1ncccn1.ClC(Cl)Cl. The van der Waals surface area contributed by atoms with Crippen molar-refractivity contribution in [3.05, 3.63) is 88.8 Å². The molecule has 0 N–H and O–H groups in total. The molecular formula is C25H25Cl3N6S3. The molecule has 4 rings (SSSR count). The first-order valence-electron chi connectivity index (χ1n) is 11.1. The Morgan fingerprint density at radius 2 is 0.730 bits per heavy atom. The average molecular weight is 612 g/mol. The van der Waals surface area contributed by atoms with Crippen molar-refractivity contribution in [3.63, 3.8) is 0 Å².